The third-order valence-electron chi connectivity index (χ3n) is 5.13. The van der Waals surface area contributed by atoms with Gasteiger partial charge in [0.15, 0.2) is 5.13 Å². The van der Waals surface area contributed by atoms with Crippen LogP contribution in [0.4, 0.5) is 5.13 Å². The van der Waals surface area contributed by atoms with Gasteiger partial charge >= 0.3 is 0 Å². The van der Waals surface area contributed by atoms with Gasteiger partial charge in [-0.25, -0.2) is 4.98 Å². The van der Waals surface area contributed by atoms with Crippen molar-refractivity contribution in [2.75, 3.05) is 38.2 Å². The summed E-state index contributed by atoms with van der Waals surface area (Å²) in [5.41, 5.74) is 2.78. The molecule has 1 amide bonds. The molecule has 0 bridgehead atoms. The number of hydrogen-bond acceptors (Lipinski definition) is 6. The molecule has 1 aromatic carbocycles. The van der Waals surface area contributed by atoms with Gasteiger partial charge in [-0.1, -0.05) is 17.4 Å². The third-order valence-corrected chi connectivity index (χ3v) is 6.38. The lowest BCUT2D eigenvalue weighted by atomic mass is 10.2. The molecule has 0 atom stereocenters. The molecule has 1 aliphatic rings. The summed E-state index contributed by atoms with van der Waals surface area (Å²) in [7, 11) is 1.68. The minimum Gasteiger partial charge on any atom is -0.494 e. The van der Waals surface area contributed by atoms with E-state index in [1.165, 1.54) is 5.56 Å². The van der Waals surface area contributed by atoms with Crippen LogP contribution >= 0.6 is 11.3 Å². The molecule has 0 N–H and O–H groups in total. The molecule has 0 spiro atoms. The summed E-state index contributed by atoms with van der Waals surface area (Å²) >= 11 is 1.69. The Morgan fingerprint density at radius 1 is 1.18 bits per heavy atom. The fourth-order valence-electron chi connectivity index (χ4n) is 3.56. The minimum absolute atomic E-state index is 0.0488. The van der Waals surface area contributed by atoms with Crippen molar-refractivity contribution in [1.82, 2.24) is 19.7 Å². The van der Waals surface area contributed by atoms with E-state index in [4.69, 9.17) is 9.72 Å². The molecule has 8 heteroatoms. The highest BCUT2D eigenvalue weighted by molar-refractivity contribution is 7.22. The van der Waals surface area contributed by atoms with Crippen LogP contribution in [0, 0.1) is 6.92 Å². The van der Waals surface area contributed by atoms with Crippen LogP contribution in [0.2, 0.25) is 0 Å². The van der Waals surface area contributed by atoms with Crippen LogP contribution in [0.15, 0.2) is 24.4 Å². The first-order valence-electron chi connectivity index (χ1n) is 9.51. The highest BCUT2D eigenvalue weighted by atomic mass is 32.1. The number of aromatic nitrogens is 3. The number of rotatable bonds is 4. The second-order valence-corrected chi connectivity index (χ2v) is 8.27. The topological polar surface area (TPSA) is 63.5 Å². The lowest BCUT2D eigenvalue weighted by Gasteiger charge is -2.34. The fraction of sp³-hybridized carbons (Fsp3) is 0.450. The first kappa shape index (κ1) is 18.7. The van der Waals surface area contributed by atoms with E-state index in [0.717, 1.165) is 34.2 Å². The summed E-state index contributed by atoms with van der Waals surface area (Å²) in [6, 6.07) is 6.00. The third kappa shape index (κ3) is 3.22. The number of hydrogen-bond donors (Lipinski definition) is 0. The SMILES string of the molecule is COc1ccc(C)c2sc(N3CCN(C(=O)c4ccnn4C(C)C)CC3)nc12. The predicted octanol–water partition coefficient (Wildman–Crippen LogP) is 3.35. The number of piperazine rings is 1. The molecule has 1 aliphatic heterocycles. The zero-order valence-corrected chi connectivity index (χ0v) is 17.5. The van der Waals surface area contributed by atoms with Crippen molar-refractivity contribution < 1.29 is 9.53 Å². The first-order valence-corrected chi connectivity index (χ1v) is 10.3. The minimum atomic E-state index is 0.0488. The van der Waals surface area contributed by atoms with E-state index in [0.29, 0.717) is 18.8 Å². The van der Waals surface area contributed by atoms with Gasteiger partial charge in [-0.05, 0) is 38.5 Å². The van der Waals surface area contributed by atoms with Gasteiger partial charge in [-0.15, -0.1) is 0 Å². The highest BCUT2D eigenvalue weighted by Gasteiger charge is 2.26. The van der Waals surface area contributed by atoms with E-state index in [1.54, 1.807) is 35.4 Å². The van der Waals surface area contributed by atoms with Gasteiger partial charge in [-0.2, -0.15) is 5.10 Å². The number of ether oxygens (including phenoxy) is 1. The van der Waals surface area contributed by atoms with E-state index in [2.05, 4.69) is 23.0 Å². The Morgan fingerprint density at radius 3 is 2.61 bits per heavy atom. The molecule has 0 radical (unpaired) electrons. The van der Waals surface area contributed by atoms with Gasteiger partial charge in [0.25, 0.3) is 5.91 Å². The Balaban J connectivity index is 1.50. The van der Waals surface area contributed by atoms with Crippen LogP contribution in [0.1, 0.15) is 35.9 Å². The number of fused-ring (bicyclic) bond motifs is 1. The number of thiazole rings is 1. The maximum atomic E-state index is 12.9. The molecule has 7 nitrogen and oxygen atoms in total. The lowest BCUT2D eigenvalue weighted by molar-refractivity contribution is 0.0732. The molecule has 2 aromatic heterocycles. The van der Waals surface area contributed by atoms with Crippen LogP contribution in [0.5, 0.6) is 5.75 Å². The second-order valence-electron chi connectivity index (χ2n) is 7.29. The van der Waals surface area contributed by atoms with Crippen LogP contribution < -0.4 is 9.64 Å². The van der Waals surface area contributed by atoms with Crippen LogP contribution in [0.3, 0.4) is 0 Å². The van der Waals surface area contributed by atoms with Gasteiger partial charge < -0.3 is 14.5 Å². The standard InChI is InChI=1S/C20H25N5O2S/c1-13(2)25-15(7-8-21-25)19(26)23-9-11-24(12-10-23)20-22-17-16(27-4)6-5-14(3)18(17)28-20/h5-8,13H,9-12H2,1-4H3. The molecule has 28 heavy (non-hydrogen) atoms. The Kier molecular flexibility index (Phi) is 4.97. The van der Waals surface area contributed by atoms with Crippen molar-refractivity contribution in [3.05, 3.63) is 35.7 Å². The molecule has 0 saturated carbocycles. The smallest absolute Gasteiger partial charge is 0.272 e. The maximum Gasteiger partial charge on any atom is 0.272 e. The Morgan fingerprint density at radius 2 is 1.93 bits per heavy atom. The zero-order chi connectivity index (χ0) is 19.8. The molecule has 0 aliphatic carbocycles. The molecule has 1 saturated heterocycles. The van der Waals surface area contributed by atoms with Crippen molar-refractivity contribution in [3.63, 3.8) is 0 Å². The summed E-state index contributed by atoms with van der Waals surface area (Å²) in [6.07, 6.45) is 1.69. The predicted molar refractivity (Wildman–Crippen MR) is 112 cm³/mol. The van der Waals surface area contributed by atoms with E-state index >= 15 is 0 Å². The summed E-state index contributed by atoms with van der Waals surface area (Å²) in [5, 5.41) is 5.27. The number of carbonyl (C=O) groups excluding carboxylic acids is 1. The molecule has 0 unspecified atom stereocenters. The van der Waals surface area contributed by atoms with Crippen LogP contribution in [0.25, 0.3) is 10.2 Å². The summed E-state index contributed by atoms with van der Waals surface area (Å²) < 4.78 is 8.42. The van der Waals surface area contributed by atoms with Crippen molar-refractivity contribution in [3.8, 4) is 5.75 Å². The number of amides is 1. The first-order chi connectivity index (χ1) is 13.5. The molecule has 3 heterocycles. The van der Waals surface area contributed by atoms with E-state index in [-0.39, 0.29) is 11.9 Å². The summed E-state index contributed by atoms with van der Waals surface area (Å²) in [6.45, 7) is 9.04. The van der Waals surface area contributed by atoms with Crippen LogP contribution in [-0.2, 0) is 0 Å². The van der Waals surface area contributed by atoms with Crippen LogP contribution in [-0.4, -0.2) is 58.9 Å². The number of carbonyl (C=O) groups is 1. The molecular formula is C20H25N5O2S. The number of methoxy groups -OCH3 is 1. The molecule has 1 fully saturated rings. The second kappa shape index (κ2) is 7.43. The molecule has 3 aromatic rings. The van der Waals surface area contributed by atoms with Gasteiger partial charge in [0, 0.05) is 38.4 Å². The van der Waals surface area contributed by atoms with Crippen molar-refractivity contribution in [2.45, 2.75) is 26.8 Å². The molecular weight excluding hydrogens is 374 g/mol. The monoisotopic (exact) mass is 399 g/mol. The largest absolute Gasteiger partial charge is 0.494 e. The average Bonchev–Trinajstić information content (AvgIpc) is 3.36. The van der Waals surface area contributed by atoms with E-state index in [9.17, 15) is 4.79 Å². The van der Waals surface area contributed by atoms with Crippen molar-refractivity contribution in [2.24, 2.45) is 0 Å². The maximum absolute atomic E-state index is 12.9. The Bertz CT molecular complexity index is 1000. The van der Waals surface area contributed by atoms with Gasteiger partial charge in [0.05, 0.1) is 11.8 Å². The van der Waals surface area contributed by atoms with Crippen molar-refractivity contribution >= 4 is 32.6 Å². The van der Waals surface area contributed by atoms with Gasteiger partial charge in [0.1, 0.15) is 17.0 Å². The normalized spacial score (nSPS) is 14.9. The highest BCUT2D eigenvalue weighted by Crippen LogP contribution is 2.36. The molecule has 148 valence electrons. The van der Waals surface area contributed by atoms with Gasteiger partial charge in [0.2, 0.25) is 0 Å². The summed E-state index contributed by atoms with van der Waals surface area (Å²) in [5.74, 6) is 0.853. The van der Waals surface area contributed by atoms with Crippen molar-refractivity contribution in [1.29, 1.82) is 0 Å². The zero-order valence-electron chi connectivity index (χ0n) is 16.7. The lowest BCUT2D eigenvalue weighted by Crippen LogP contribution is -2.49. The van der Waals surface area contributed by atoms with E-state index < -0.39 is 0 Å². The van der Waals surface area contributed by atoms with Gasteiger partial charge in [-0.3, -0.25) is 9.48 Å². The number of aryl methyl sites for hydroxylation is 1. The number of anilines is 1. The fourth-order valence-corrected chi connectivity index (χ4v) is 4.66. The molecule has 4 rings (SSSR count). The number of benzene rings is 1. The summed E-state index contributed by atoms with van der Waals surface area (Å²) in [4.78, 5) is 21.9. The number of nitrogens with zero attached hydrogens (tertiary/aromatic N) is 5. The van der Waals surface area contributed by atoms with E-state index in [1.807, 2.05) is 24.8 Å². The Labute approximate surface area is 168 Å². The quantitative estimate of drug-likeness (QED) is 0.673. The average molecular weight is 400 g/mol. The Hall–Kier alpha value is -2.61.